The van der Waals surface area contributed by atoms with Gasteiger partial charge in [-0.25, -0.2) is 4.98 Å². The summed E-state index contributed by atoms with van der Waals surface area (Å²) in [6.45, 7) is 0.450. The molecule has 2 N–H and O–H groups in total. The van der Waals surface area contributed by atoms with Crippen molar-refractivity contribution in [3.8, 4) is 0 Å². The SMILES string of the molecule is O=c1[nH]ccnc1NCC(Cl)c1ccccc1. The summed E-state index contributed by atoms with van der Waals surface area (Å²) >= 11 is 6.21. The minimum Gasteiger partial charge on any atom is -0.364 e. The van der Waals surface area contributed by atoms with Gasteiger partial charge in [0.05, 0.1) is 5.38 Å². The average molecular weight is 250 g/mol. The fourth-order valence-electron chi connectivity index (χ4n) is 1.44. The summed E-state index contributed by atoms with van der Waals surface area (Å²) in [5.74, 6) is 0.286. The van der Waals surface area contributed by atoms with E-state index in [0.29, 0.717) is 6.54 Å². The first-order valence-corrected chi connectivity index (χ1v) is 5.67. The van der Waals surface area contributed by atoms with E-state index in [1.54, 1.807) is 0 Å². The molecule has 0 radical (unpaired) electrons. The number of H-pyrrole nitrogens is 1. The third kappa shape index (κ3) is 3.07. The molecule has 4 nitrogen and oxygen atoms in total. The number of hydrogen-bond donors (Lipinski definition) is 2. The second-order valence-electron chi connectivity index (χ2n) is 3.53. The summed E-state index contributed by atoms with van der Waals surface area (Å²) in [4.78, 5) is 17.8. The predicted octanol–water partition coefficient (Wildman–Crippen LogP) is 2.16. The molecule has 0 saturated carbocycles. The molecule has 0 bridgehead atoms. The Balaban J connectivity index is 2.00. The summed E-state index contributed by atoms with van der Waals surface area (Å²) in [6, 6.07) is 9.69. The lowest BCUT2D eigenvalue weighted by molar-refractivity contribution is 0.956. The van der Waals surface area contributed by atoms with Crippen LogP contribution >= 0.6 is 11.6 Å². The molecule has 1 aromatic heterocycles. The van der Waals surface area contributed by atoms with Crippen LogP contribution in [0.5, 0.6) is 0 Å². The topological polar surface area (TPSA) is 57.8 Å². The fraction of sp³-hybridized carbons (Fsp3) is 0.167. The van der Waals surface area contributed by atoms with Crippen molar-refractivity contribution in [3.05, 3.63) is 58.6 Å². The molecule has 0 aliphatic rings. The standard InChI is InChI=1S/C12H12ClN3O/c13-10(9-4-2-1-3-5-9)8-16-11-12(17)15-7-6-14-11/h1-7,10H,8H2,(H,14,16)(H,15,17). The monoisotopic (exact) mass is 249 g/mol. The van der Waals surface area contributed by atoms with Crippen LogP contribution in [0.25, 0.3) is 0 Å². The number of anilines is 1. The van der Waals surface area contributed by atoms with E-state index in [-0.39, 0.29) is 16.8 Å². The number of nitrogens with zero attached hydrogens (tertiary/aromatic N) is 1. The van der Waals surface area contributed by atoms with Gasteiger partial charge in [0.15, 0.2) is 5.82 Å². The Kier molecular flexibility index (Phi) is 3.77. The summed E-state index contributed by atoms with van der Waals surface area (Å²) in [7, 11) is 0. The zero-order chi connectivity index (χ0) is 12.1. The van der Waals surface area contributed by atoms with E-state index < -0.39 is 0 Å². The smallest absolute Gasteiger partial charge is 0.290 e. The van der Waals surface area contributed by atoms with Crippen molar-refractivity contribution in [1.82, 2.24) is 9.97 Å². The minimum absolute atomic E-state index is 0.197. The predicted molar refractivity (Wildman–Crippen MR) is 68.4 cm³/mol. The van der Waals surface area contributed by atoms with Gasteiger partial charge in [0.25, 0.3) is 5.56 Å². The summed E-state index contributed by atoms with van der Waals surface area (Å²) < 4.78 is 0. The van der Waals surface area contributed by atoms with E-state index in [0.717, 1.165) is 5.56 Å². The van der Waals surface area contributed by atoms with Gasteiger partial charge >= 0.3 is 0 Å². The number of nitrogens with one attached hydrogen (secondary N) is 2. The molecule has 17 heavy (non-hydrogen) atoms. The van der Waals surface area contributed by atoms with Crippen molar-refractivity contribution < 1.29 is 0 Å². The van der Waals surface area contributed by atoms with E-state index >= 15 is 0 Å². The van der Waals surface area contributed by atoms with Crippen LogP contribution in [0.3, 0.4) is 0 Å². The molecule has 0 aliphatic carbocycles. The van der Waals surface area contributed by atoms with Crippen molar-refractivity contribution in [2.24, 2.45) is 0 Å². The van der Waals surface area contributed by atoms with Crippen LogP contribution in [-0.4, -0.2) is 16.5 Å². The molecular formula is C12H12ClN3O. The van der Waals surface area contributed by atoms with Crippen LogP contribution in [0.4, 0.5) is 5.82 Å². The Morgan fingerprint density at radius 2 is 2.12 bits per heavy atom. The molecule has 2 rings (SSSR count). The number of rotatable bonds is 4. The third-order valence-electron chi connectivity index (χ3n) is 2.32. The maximum atomic E-state index is 11.3. The molecule has 0 spiro atoms. The molecule has 1 aromatic carbocycles. The van der Waals surface area contributed by atoms with Crippen molar-refractivity contribution in [2.75, 3.05) is 11.9 Å². The quantitative estimate of drug-likeness (QED) is 0.817. The summed E-state index contributed by atoms with van der Waals surface area (Å²) in [6.07, 6.45) is 3.01. The van der Waals surface area contributed by atoms with Gasteiger partial charge in [-0.15, -0.1) is 11.6 Å². The third-order valence-corrected chi connectivity index (χ3v) is 2.72. The first-order valence-electron chi connectivity index (χ1n) is 5.24. The molecule has 1 heterocycles. The van der Waals surface area contributed by atoms with Gasteiger partial charge in [0, 0.05) is 18.9 Å². The summed E-state index contributed by atoms with van der Waals surface area (Å²) in [5.41, 5.74) is 0.762. The van der Waals surface area contributed by atoms with E-state index in [1.807, 2.05) is 30.3 Å². The molecule has 88 valence electrons. The number of hydrogen-bond acceptors (Lipinski definition) is 3. The fourth-order valence-corrected chi connectivity index (χ4v) is 1.67. The van der Waals surface area contributed by atoms with Gasteiger partial charge in [-0.1, -0.05) is 30.3 Å². The number of aromatic nitrogens is 2. The highest BCUT2D eigenvalue weighted by Gasteiger charge is 2.08. The van der Waals surface area contributed by atoms with Crippen molar-refractivity contribution in [1.29, 1.82) is 0 Å². The molecule has 0 amide bonds. The van der Waals surface area contributed by atoms with Crippen LogP contribution < -0.4 is 10.9 Å². The van der Waals surface area contributed by atoms with Crippen LogP contribution in [0.2, 0.25) is 0 Å². The maximum absolute atomic E-state index is 11.3. The van der Waals surface area contributed by atoms with Gasteiger partial charge in [-0.2, -0.15) is 0 Å². The molecule has 0 aliphatic heterocycles. The van der Waals surface area contributed by atoms with E-state index in [2.05, 4.69) is 15.3 Å². The lowest BCUT2D eigenvalue weighted by Crippen LogP contribution is -2.18. The van der Waals surface area contributed by atoms with Gasteiger partial charge in [0.1, 0.15) is 0 Å². The minimum atomic E-state index is -0.246. The van der Waals surface area contributed by atoms with Crippen LogP contribution in [0.1, 0.15) is 10.9 Å². The van der Waals surface area contributed by atoms with Crippen molar-refractivity contribution >= 4 is 17.4 Å². The zero-order valence-corrected chi connectivity index (χ0v) is 9.82. The molecule has 0 saturated heterocycles. The largest absolute Gasteiger partial charge is 0.364 e. The first kappa shape index (κ1) is 11.7. The lowest BCUT2D eigenvalue weighted by atomic mass is 10.1. The van der Waals surface area contributed by atoms with Crippen molar-refractivity contribution in [3.63, 3.8) is 0 Å². The zero-order valence-electron chi connectivity index (χ0n) is 9.06. The Bertz CT molecular complexity index is 527. The Morgan fingerprint density at radius 3 is 2.82 bits per heavy atom. The van der Waals surface area contributed by atoms with E-state index in [4.69, 9.17) is 11.6 Å². The van der Waals surface area contributed by atoms with Crippen LogP contribution in [0, 0.1) is 0 Å². The molecule has 0 fully saturated rings. The van der Waals surface area contributed by atoms with Gasteiger partial charge in [0.2, 0.25) is 0 Å². The Morgan fingerprint density at radius 1 is 1.35 bits per heavy atom. The van der Waals surface area contributed by atoms with E-state index in [1.165, 1.54) is 12.4 Å². The Hall–Kier alpha value is -1.81. The highest BCUT2D eigenvalue weighted by atomic mass is 35.5. The second-order valence-corrected chi connectivity index (χ2v) is 4.05. The van der Waals surface area contributed by atoms with E-state index in [9.17, 15) is 4.79 Å². The number of alkyl halides is 1. The summed E-state index contributed by atoms with van der Waals surface area (Å²) in [5, 5.41) is 2.73. The molecule has 1 unspecified atom stereocenters. The average Bonchev–Trinajstić information content (AvgIpc) is 2.38. The molecule has 5 heteroatoms. The first-order chi connectivity index (χ1) is 8.27. The number of benzene rings is 1. The lowest BCUT2D eigenvalue weighted by Gasteiger charge is -2.10. The van der Waals surface area contributed by atoms with Crippen LogP contribution in [0.15, 0.2) is 47.5 Å². The van der Waals surface area contributed by atoms with Gasteiger partial charge < -0.3 is 10.3 Å². The van der Waals surface area contributed by atoms with Crippen LogP contribution in [-0.2, 0) is 0 Å². The highest BCUT2D eigenvalue weighted by molar-refractivity contribution is 6.21. The van der Waals surface area contributed by atoms with Gasteiger partial charge in [-0.3, -0.25) is 4.79 Å². The maximum Gasteiger partial charge on any atom is 0.290 e. The van der Waals surface area contributed by atoms with Crippen molar-refractivity contribution in [2.45, 2.75) is 5.38 Å². The number of halogens is 1. The molecule has 1 atom stereocenters. The molecule has 2 aromatic rings. The Labute approximate surface area is 104 Å². The molecular weight excluding hydrogens is 238 g/mol. The second kappa shape index (κ2) is 5.50. The normalized spacial score (nSPS) is 12.1. The van der Waals surface area contributed by atoms with Gasteiger partial charge in [-0.05, 0) is 5.56 Å². The number of aromatic amines is 1. The highest BCUT2D eigenvalue weighted by Crippen LogP contribution is 2.19.